The average molecular weight is 244 g/mol. The van der Waals surface area contributed by atoms with Crippen LogP contribution in [0.25, 0.3) is 0 Å². The monoisotopic (exact) mass is 244 g/mol. The molecule has 0 aliphatic heterocycles. The van der Waals surface area contributed by atoms with Crippen LogP contribution in [0.1, 0.15) is 29.8 Å². The fourth-order valence-electron chi connectivity index (χ4n) is 1.80. The highest BCUT2D eigenvalue weighted by atomic mass is 19.1. The number of benzene rings is 1. The van der Waals surface area contributed by atoms with Crippen molar-refractivity contribution >= 4 is 0 Å². The van der Waals surface area contributed by atoms with Crippen LogP contribution in [0.3, 0.4) is 0 Å². The zero-order valence-electron chi connectivity index (χ0n) is 10.7. The highest BCUT2D eigenvalue weighted by molar-refractivity contribution is 5.21. The molecule has 0 amide bonds. The fourth-order valence-corrected chi connectivity index (χ4v) is 1.80. The maximum atomic E-state index is 13.6. The molecule has 0 bridgehead atoms. The van der Waals surface area contributed by atoms with Gasteiger partial charge in [-0.1, -0.05) is 24.3 Å². The summed E-state index contributed by atoms with van der Waals surface area (Å²) in [7, 11) is 0. The Labute approximate surface area is 107 Å². The van der Waals surface area contributed by atoms with E-state index in [-0.39, 0.29) is 11.9 Å². The van der Waals surface area contributed by atoms with E-state index in [1.807, 2.05) is 38.2 Å². The molecule has 2 nitrogen and oxygen atoms in total. The Balaban J connectivity index is 1.98. The molecule has 1 aromatic carbocycles. The molecule has 18 heavy (non-hydrogen) atoms. The van der Waals surface area contributed by atoms with E-state index in [1.54, 1.807) is 12.1 Å². The molecule has 1 N–H and O–H groups in total. The molecule has 0 unspecified atom stereocenters. The van der Waals surface area contributed by atoms with Crippen molar-refractivity contribution in [2.45, 2.75) is 26.4 Å². The lowest BCUT2D eigenvalue weighted by Gasteiger charge is -2.14. The maximum absolute atomic E-state index is 13.6. The standard InChI is InChI=1S/C15H17FN2/c1-11-7-8-13(18-9-11)10-17-12(2)14-5-3-4-6-15(14)16/h3-9,12,17H,10H2,1-2H3/t12-/m1/s1. The highest BCUT2D eigenvalue weighted by Crippen LogP contribution is 2.16. The van der Waals surface area contributed by atoms with Crippen molar-refractivity contribution in [2.24, 2.45) is 0 Å². The number of halogens is 1. The molecule has 1 heterocycles. The number of nitrogens with zero attached hydrogens (tertiary/aromatic N) is 1. The number of rotatable bonds is 4. The van der Waals surface area contributed by atoms with Crippen molar-refractivity contribution in [2.75, 3.05) is 0 Å². The van der Waals surface area contributed by atoms with Gasteiger partial charge in [0, 0.05) is 24.3 Å². The molecule has 0 fully saturated rings. The molecular weight excluding hydrogens is 227 g/mol. The number of aromatic nitrogens is 1. The molecule has 2 rings (SSSR count). The van der Waals surface area contributed by atoms with E-state index in [1.165, 1.54) is 6.07 Å². The third-order valence-electron chi connectivity index (χ3n) is 2.93. The van der Waals surface area contributed by atoms with Crippen molar-refractivity contribution in [1.82, 2.24) is 10.3 Å². The van der Waals surface area contributed by atoms with Crippen LogP contribution in [0.5, 0.6) is 0 Å². The van der Waals surface area contributed by atoms with Crippen molar-refractivity contribution in [3.8, 4) is 0 Å². The second kappa shape index (κ2) is 5.74. The Morgan fingerprint density at radius 2 is 2.00 bits per heavy atom. The number of hydrogen-bond acceptors (Lipinski definition) is 2. The second-order valence-electron chi connectivity index (χ2n) is 4.45. The predicted molar refractivity (Wildman–Crippen MR) is 70.6 cm³/mol. The largest absolute Gasteiger partial charge is 0.304 e. The highest BCUT2D eigenvalue weighted by Gasteiger charge is 2.09. The van der Waals surface area contributed by atoms with Gasteiger partial charge < -0.3 is 5.32 Å². The zero-order valence-corrected chi connectivity index (χ0v) is 10.7. The van der Waals surface area contributed by atoms with Crippen molar-refractivity contribution in [3.05, 3.63) is 65.2 Å². The summed E-state index contributed by atoms with van der Waals surface area (Å²) < 4.78 is 13.6. The lowest BCUT2D eigenvalue weighted by atomic mass is 10.1. The molecule has 0 radical (unpaired) electrons. The van der Waals surface area contributed by atoms with Gasteiger partial charge in [-0.3, -0.25) is 4.98 Å². The van der Waals surface area contributed by atoms with E-state index in [4.69, 9.17) is 0 Å². The van der Waals surface area contributed by atoms with Gasteiger partial charge in [-0.2, -0.15) is 0 Å². The van der Waals surface area contributed by atoms with Gasteiger partial charge in [0.15, 0.2) is 0 Å². The van der Waals surface area contributed by atoms with Gasteiger partial charge in [-0.25, -0.2) is 4.39 Å². The third-order valence-corrected chi connectivity index (χ3v) is 2.93. The van der Waals surface area contributed by atoms with E-state index in [2.05, 4.69) is 10.3 Å². The second-order valence-corrected chi connectivity index (χ2v) is 4.45. The normalized spacial score (nSPS) is 12.4. The van der Waals surface area contributed by atoms with Gasteiger partial charge in [-0.15, -0.1) is 0 Å². The van der Waals surface area contributed by atoms with Crippen LogP contribution in [-0.2, 0) is 6.54 Å². The topological polar surface area (TPSA) is 24.9 Å². The van der Waals surface area contributed by atoms with Gasteiger partial charge in [0.1, 0.15) is 5.82 Å². The van der Waals surface area contributed by atoms with Crippen LogP contribution < -0.4 is 5.32 Å². The number of nitrogens with one attached hydrogen (secondary N) is 1. The summed E-state index contributed by atoms with van der Waals surface area (Å²) in [6, 6.07) is 10.8. The molecular formula is C15H17FN2. The van der Waals surface area contributed by atoms with Gasteiger partial charge in [0.05, 0.1) is 5.69 Å². The molecule has 0 saturated heterocycles. The van der Waals surface area contributed by atoms with Crippen LogP contribution in [0.15, 0.2) is 42.6 Å². The Morgan fingerprint density at radius 1 is 1.22 bits per heavy atom. The molecule has 0 aliphatic carbocycles. The van der Waals surface area contributed by atoms with Crippen LogP contribution >= 0.6 is 0 Å². The predicted octanol–water partition coefficient (Wildman–Crippen LogP) is 3.38. The first-order chi connectivity index (χ1) is 8.66. The minimum atomic E-state index is -0.172. The first kappa shape index (κ1) is 12.7. The summed E-state index contributed by atoms with van der Waals surface area (Å²) in [5.41, 5.74) is 2.79. The molecule has 94 valence electrons. The van der Waals surface area contributed by atoms with Crippen LogP contribution in [0.4, 0.5) is 4.39 Å². The molecule has 1 aromatic heterocycles. The maximum Gasteiger partial charge on any atom is 0.127 e. The first-order valence-electron chi connectivity index (χ1n) is 6.06. The summed E-state index contributed by atoms with van der Waals surface area (Å²) >= 11 is 0. The summed E-state index contributed by atoms with van der Waals surface area (Å²) in [5, 5.41) is 3.27. The Bertz CT molecular complexity index is 508. The average Bonchev–Trinajstić information content (AvgIpc) is 2.38. The summed E-state index contributed by atoms with van der Waals surface area (Å²) in [6.07, 6.45) is 1.84. The number of pyridine rings is 1. The molecule has 0 spiro atoms. The van der Waals surface area contributed by atoms with Crippen LogP contribution in [0, 0.1) is 12.7 Å². The van der Waals surface area contributed by atoms with Crippen LogP contribution in [-0.4, -0.2) is 4.98 Å². The first-order valence-corrected chi connectivity index (χ1v) is 6.06. The number of hydrogen-bond donors (Lipinski definition) is 1. The minimum Gasteiger partial charge on any atom is -0.304 e. The Kier molecular flexibility index (Phi) is 4.05. The van der Waals surface area contributed by atoms with E-state index in [0.717, 1.165) is 11.3 Å². The minimum absolute atomic E-state index is 0.0331. The van der Waals surface area contributed by atoms with E-state index < -0.39 is 0 Å². The van der Waals surface area contributed by atoms with Gasteiger partial charge in [-0.05, 0) is 31.5 Å². The summed E-state index contributed by atoms with van der Waals surface area (Å²) in [4.78, 5) is 4.31. The zero-order chi connectivity index (χ0) is 13.0. The quantitative estimate of drug-likeness (QED) is 0.891. The molecule has 0 saturated carbocycles. The summed E-state index contributed by atoms with van der Waals surface area (Å²) in [6.45, 7) is 4.59. The fraction of sp³-hybridized carbons (Fsp3) is 0.267. The van der Waals surface area contributed by atoms with Gasteiger partial charge in [0.25, 0.3) is 0 Å². The SMILES string of the molecule is Cc1ccc(CN[C@H](C)c2ccccc2F)nc1. The molecule has 0 aliphatic rings. The summed E-state index contributed by atoms with van der Waals surface area (Å²) in [5.74, 6) is -0.172. The van der Waals surface area contributed by atoms with E-state index in [0.29, 0.717) is 12.1 Å². The molecule has 3 heteroatoms. The third kappa shape index (κ3) is 3.14. The van der Waals surface area contributed by atoms with Gasteiger partial charge in [0.2, 0.25) is 0 Å². The molecule has 1 atom stereocenters. The van der Waals surface area contributed by atoms with Crippen molar-refractivity contribution in [1.29, 1.82) is 0 Å². The van der Waals surface area contributed by atoms with Crippen molar-refractivity contribution in [3.63, 3.8) is 0 Å². The van der Waals surface area contributed by atoms with Crippen LogP contribution in [0.2, 0.25) is 0 Å². The lowest BCUT2D eigenvalue weighted by Crippen LogP contribution is -2.19. The molecule has 2 aromatic rings. The van der Waals surface area contributed by atoms with E-state index in [9.17, 15) is 4.39 Å². The lowest BCUT2D eigenvalue weighted by molar-refractivity contribution is 0.524. The van der Waals surface area contributed by atoms with Gasteiger partial charge >= 0.3 is 0 Å². The number of aryl methyl sites for hydroxylation is 1. The van der Waals surface area contributed by atoms with Crippen molar-refractivity contribution < 1.29 is 4.39 Å². The Hall–Kier alpha value is -1.74. The smallest absolute Gasteiger partial charge is 0.127 e. The van der Waals surface area contributed by atoms with E-state index >= 15 is 0 Å². The Morgan fingerprint density at radius 3 is 2.67 bits per heavy atom.